The lowest BCUT2D eigenvalue weighted by molar-refractivity contribution is -0.138. The average molecular weight is 579 g/mol. The third-order valence-corrected chi connectivity index (χ3v) is 7.91. The quantitative estimate of drug-likeness (QED) is 0.363. The van der Waals surface area contributed by atoms with Crippen molar-refractivity contribution in [2.45, 2.75) is 25.6 Å². The Kier molecular flexibility index (Phi) is 7.34. The number of aromatic nitrogens is 2. The first-order valence-electron chi connectivity index (χ1n) is 12.0. The van der Waals surface area contributed by atoms with E-state index >= 15 is 0 Å². The van der Waals surface area contributed by atoms with Crippen LogP contribution in [0.3, 0.4) is 0 Å². The number of rotatable bonds is 5. The number of carboxylic acid groups (broad SMARTS) is 1. The second-order valence-electron chi connectivity index (χ2n) is 9.45. The van der Waals surface area contributed by atoms with Crippen molar-refractivity contribution in [2.75, 3.05) is 19.6 Å². The molecule has 0 unspecified atom stereocenters. The fourth-order valence-electron chi connectivity index (χ4n) is 4.89. The SMILES string of the molecule is O=C(O)N1CCC[C@H](CN2C(=O)SC(=Cc3ccc4c(cnn4Cc4ccc(Cl)cc4C(F)(F)F)c3)C2=O)C1. The Morgan fingerprint density at radius 2 is 2.00 bits per heavy atom. The molecular formula is C26H22ClF3N4O4S. The number of likely N-dealkylation sites (tertiary alicyclic amines) is 1. The minimum Gasteiger partial charge on any atom is -0.465 e. The van der Waals surface area contributed by atoms with Gasteiger partial charge in [-0.2, -0.15) is 18.3 Å². The molecule has 13 heteroatoms. The lowest BCUT2D eigenvalue weighted by Gasteiger charge is -2.32. The van der Waals surface area contributed by atoms with E-state index in [-0.39, 0.29) is 41.0 Å². The molecule has 5 rings (SSSR count). The molecule has 0 aliphatic carbocycles. The van der Waals surface area contributed by atoms with Crippen LogP contribution >= 0.6 is 23.4 Å². The molecule has 8 nitrogen and oxygen atoms in total. The molecule has 2 saturated heterocycles. The molecule has 204 valence electrons. The zero-order valence-corrected chi connectivity index (χ0v) is 21.9. The number of nitrogens with zero attached hydrogens (tertiary/aromatic N) is 4. The average Bonchev–Trinajstić information content (AvgIpc) is 3.39. The van der Waals surface area contributed by atoms with Gasteiger partial charge in [-0.1, -0.05) is 23.7 Å². The highest BCUT2D eigenvalue weighted by molar-refractivity contribution is 8.18. The van der Waals surface area contributed by atoms with Gasteiger partial charge in [0.05, 0.1) is 28.7 Å². The zero-order chi connectivity index (χ0) is 27.9. The normalized spacial score (nSPS) is 19.5. The Bertz CT molecular complexity index is 1510. The number of hydrogen-bond donors (Lipinski definition) is 1. The van der Waals surface area contributed by atoms with Gasteiger partial charge >= 0.3 is 12.3 Å². The molecule has 3 heterocycles. The predicted molar refractivity (Wildman–Crippen MR) is 140 cm³/mol. The number of halogens is 4. The van der Waals surface area contributed by atoms with Crippen LogP contribution in [-0.4, -0.2) is 61.6 Å². The Morgan fingerprint density at radius 1 is 1.21 bits per heavy atom. The maximum Gasteiger partial charge on any atom is 0.416 e. The van der Waals surface area contributed by atoms with Crippen LogP contribution < -0.4 is 0 Å². The molecule has 1 atom stereocenters. The maximum absolute atomic E-state index is 13.5. The molecule has 2 aliphatic heterocycles. The van der Waals surface area contributed by atoms with Gasteiger partial charge < -0.3 is 10.0 Å². The predicted octanol–water partition coefficient (Wildman–Crippen LogP) is 6.18. The topological polar surface area (TPSA) is 95.7 Å². The van der Waals surface area contributed by atoms with Crippen molar-refractivity contribution in [3.63, 3.8) is 0 Å². The lowest BCUT2D eigenvalue weighted by atomic mass is 9.98. The highest BCUT2D eigenvalue weighted by atomic mass is 35.5. The molecule has 3 amide bonds. The Labute approximate surface area is 230 Å². The number of benzene rings is 2. The molecule has 1 N–H and O–H groups in total. The van der Waals surface area contributed by atoms with Crippen LogP contribution in [0.25, 0.3) is 17.0 Å². The third kappa shape index (κ3) is 5.76. The number of amides is 3. The molecule has 0 radical (unpaired) electrons. The number of fused-ring (bicyclic) bond motifs is 1. The van der Waals surface area contributed by atoms with E-state index in [0.29, 0.717) is 29.4 Å². The molecule has 0 bridgehead atoms. The van der Waals surface area contributed by atoms with Gasteiger partial charge in [-0.3, -0.25) is 19.2 Å². The Balaban J connectivity index is 1.33. The van der Waals surface area contributed by atoms with Crippen molar-refractivity contribution in [3.05, 3.63) is 69.2 Å². The van der Waals surface area contributed by atoms with Crippen molar-refractivity contribution in [2.24, 2.45) is 5.92 Å². The number of carbonyl (C=O) groups excluding carboxylic acids is 2. The summed E-state index contributed by atoms with van der Waals surface area (Å²) in [5.41, 5.74) is 0.433. The van der Waals surface area contributed by atoms with Crippen molar-refractivity contribution in [1.29, 1.82) is 0 Å². The first kappa shape index (κ1) is 27.1. The summed E-state index contributed by atoms with van der Waals surface area (Å²) >= 11 is 6.60. The minimum absolute atomic E-state index is 0.00794. The number of alkyl halides is 3. The fourth-order valence-corrected chi connectivity index (χ4v) is 5.91. The van der Waals surface area contributed by atoms with Crippen LogP contribution in [0, 0.1) is 5.92 Å². The number of imide groups is 1. The van der Waals surface area contributed by atoms with Crippen molar-refractivity contribution >= 4 is 57.6 Å². The van der Waals surface area contributed by atoms with E-state index in [1.54, 1.807) is 24.3 Å². The molecule has 0 spiro atoms. The summed E-state index contributed by atoms with van der Waals surface area (Å²) in [7, 11) is 0. The van der Waals surface area contributed by atoms with Crippen LogP contribution in [0.4, 0.5) is 22.8 Å². The highest BCUT2D eigenvalue weighted by Gasteiger charge is 2.38. The molecule has 2 fully saturated rings. The molecule has 39 heavy (non-hydrogen) atoms. The molecule has 0 saturated carbocycles. The van der Waals surface area contributed by atoms with Gasteiger partial charge in [-0.05, 0) is 72.0 Å². The summed E-state index contributed by atoms with van der Waals surface area (Å²) in [5, 5.41) is 13.7. The smallest absolute Gasteiger partial charge is 0.416 e. The summed E-state index contributed by atoms with van der Waals surface area (Å²) < 4.78 is 42.0. The van der Waals surface area contributed by atoms with Gasteiger partial charge in [0.25, 0.3) is 11.1 Å². The minimum atomic E-state index is -4.56. The number of thioether (sulfide) groups is 1. The number of carbonyl (C=O) groups is 3. The van der Waals surface area contributed by atoms with Gasteiger partial charge in [0.15, 0.2) is 0 Å². The lowest BCUT2D eigenvalue weighted by Crippen LogP contribution is -2.44. The van der Waals surface area contributed by atoms with Crippen molar-refractivity contribution in [1.82, 2.24) is 19.6 Å². The van der Waals surface area contributed by atoms with Gasteiger partial charge in [0.1, 0.15) is 0 Å². The first-order chi connectivity index (χ1) is 18.5. The monoisotopic (exact) mass is 578 g/mol. The first-order valence-corrected chi connectivity index (χ1v) is 13.2. The highest BCUT2D eigenvalue weighted by Crippen LogP contribution is 2.36. The van der Waals surface area contributed by atoms with E-state index in [4.69, 9.17) is 11.6 Å². The molecule has 2 aliphatic rings. The van der Waals surface area contributed by atoms with E-state index in [1.165, 1.54) is 27.9 Å². The van der Waals surface area contributed by atoms with Gasteiger partial charge in [0.2, 0.25) is 0 Å². The van der Waals surface area contributed by atoms with Crippen LogP contribution in [0.5, 0.6) is 0 Å². The van der Waals surface area contributed by atoms with E-state index in [2.05, 4.69) is 5.10 Å². The second kappa shape index (κ2) is 10.6. The Morgan fingerprint density at radius 3 is 2.74 bits per heavy atom. The summed E-state index contributed by atoms with van der Waals surface area (Å²) in [4.78, 5) is 39.6. The standard InChI is InChI=1S/C26H22ClF3N4O4S/c27-19-5-4-17(20(10-19)26(28,29)30)14-34-21-6-3-15(8-18(21)11-31-34)9-22-23(35)33(25(38)39-22)13-16-2-1-7-32(12-16)24(36)37/h3-6,8-11,16H,1-2,7,12-14H2,(H,36,37)/t16-/m0/s1. The van der Waals surface area contributed by atoms with Crippen LogP contribution in [0.2, 0.25) is 5.02 Å². The maximum atomic E-state index is 13.5. The summed E-state index contributed by atoms with van der Waals surface area (Å²) in [5.74, 6) is -0.556. The third-order valence-electron chi connectivity index (χ3n) is 6.76. The molecule has 1 aromatic heterocycles. The summed E-state index contributed by atoms with van der Waals surface area (Å²) in [6.07, 6.45) is -1.06. The zero-order valence-electron chi connectivity index (χ0n) is 20.3. The van der Waals surface area contributed by atoms with E-state index in [9.17, 15) is 32.7 Å². The van der Waals surface area contributed by atoms with E-state index < -0.39 is 29.0 Å². The summed E-state index contributed by atoms with van der Waals surface area (Å²) in [6, 6.07) is 8.77. The van der Waals surface area contributed by atoms with Crippen LogP contribution in [-0.2, 0) is 17.5 Å². The van der Waals surface area contributed by atoms with Crippen LogP contribution in [0.1, 0.15) is 29.5 Å². The van der Waals surface area contributed by atoms with Gasteiger partial charge in [0, 0.05) is 30.0 Å². The largest absolute Gasteiger partial charge is 0.465 e. The van der Waals surface area contributed by atoms with Crippen molar-refractivity contribution < 1.29 is 32.7 Å². The number of piperidine rings is 1. The van der Waals surface area contributed by atoms with E-state index in [0.717, 1.165) is 29.1 Å². The number of hydrogen-bond acceptors (Lipinski definition) is 5. The van der Waals surface area contributed by atoms with Crippen molar-refractivity contribution in [3.8, 4) is 0 Å². The van der Waals surface area contributed by atoms with E-state index in [1.807, 2.05) is 0 Å². The van der Waals surface area contributed by atoms with Crippen LogP contribution in [0.15, 0.2) is 47.5 Å². The molecule has 3 aromatic rings. The summed E-state index contributed by atoms with van der Waals surface area (Å²) in [6.45, 7) is 0.754. The van der Waals surface area contributed by atoms with Gasteiger partial charge in [-0.15, -0.1) is 0 Å². The molecular weight excluding hydrogens is 557 g/mol. The Hall–Kier alpha value is -3.51. The fraction of sp³-hybridized carbons (Fsp3) is 0.308. The molecule has 2 aromatic carbocycles. The van der Waals surface area contributed by atoms with Gasteiger partial charge in [-0.25, -0.2) is 4.79 Å². The second-order valence-corrected chi connectivity index (χ2v) is 10.9.